The summed E-state index contributed by atoms with van der Waals surface area (Å²) in [5.74, 6) is -0.176. The maximum absolute atomic E-state index is 13.5. The van der Waals surface area contributed by atoms with Gasteiger partial charge in [-0.25, -0.2) is 4.79 Å². The average Bonchev–Trinajstić information content (AvgIpc) is 3.13. The Morgan fingerprint density at radius 3 is 2.52 bits per heavy atom. The lowest BCUT2D eigenvalue weighted by atomic mass is 9.82. The number of thiophene rings is 1. The molecule has 9 heteroatoms. The van der Waals surface area contributed by atoms with Crippen LogP contribution in [0.1, 0.15) is 42.3 Å². The molecule has 0 bridgehead atoms. The van der Waals surface area contributed by atoms with Gasteiger partial charge in [0.05, 0.1) is 28.9 Å². The van der Waals surface area contributed by atoms with E-state index < -0.39 is 5.97 Å². The van der Waals surface area contributed by atoms with Crippen LogP contribution in [0.5, 0.6) is 0 Å². The lowest BCUT2D eigenvalue weighted by molar-refractivity contribution is -0.135. The summed E-state index contributed by atoms with van der Waals surface area (Å²) < 4.78 is 11.1. The molecule has 1 aliphatic carbocycles. The highest BCUT2D eigenvalue weighted by molar-refractivity contribution is 14.1. The van der Waals surface area contributed by atoms with E-state index >= 15 is 0 Å². The summed E-state index contributed by atoms with van der Waals surface area (Å²) in [6.45, 7) is 4.19. The number of methoxy groups -OCH3 is 1. The van der Waals surface area contributed by atoms with Crippen LogP contribution in [0.2, 0.25) is 0 Å². The van der Waals surface area contributed by atoms with E-state index in [1.54, 1.807) is 11.0 Å². The van der Waals surface area contributed by atoms with Crippen LogP contribution in [-0.4, -0.2) is 62.6 Å². The molecule has 2 fully saturated rings. The van der Waals surface area contributed by atoms with Crippen molar-refractivity contribution in [1.29, 1.82) is 0 Å². The fourth-order valence-electron chi connectivity index (χ4n) is 3.85. The maximum Gasteiger partial charge on any atom is 0.350 e. The molecule has 1 saturated heterocycles. The van der Waals surface area contributed by atoms with Crippen LogP contribution in [0.4, 0.5) is 5.69 Å². The number of carbonyl (C=O) groups is 3. The number of esters is 1. The fraction of sp³-hybridized carbons (Fsp3) is 0.650. The lowest BCUT2D eigenvalue weighted by Crippen LogP contribution is -2.49. The minimum absolute atomic E-state index is 0.0678. The third-order valence-corrected chi connectivity index (χ3v) is 7.50. The van der Waals surface area contributed by atoms with Crippen LogP contribution in [0.15, 0.2) is 6.07 Å². The number of morpholine rings is 1. The van der Waals surface area contributed by atoms with Crippen LogP contribution in [0.25, 0.3) is 0 Å². The van der Waals surface area contributed by atoms with Gasteiger partial charge >= 0.3 is 5.97 Å². The number of halogens is 1. The molecule has 1 aliphatic heterocycles. The fourth-order valence-corrected chi connectivity index (χ4v) is 5.61. The summed E-state index contributed by atoms with van der Waals surface area (Å²) in [4.78, 5) is 42.3. The highest BCUT2D eigenvalue weighted by Crippen LogP contribution is 2.36. The van der Waals surface area contributed by atoms with Crippen molar-refractivity contribution in [2.24, 2.45) is 11.8 Å². The number of hydrogen-bond donors (Lipinski definition) is 0. The quantitative estimate of drug-likeness (QED) is 0.429. The van der Waals surface area contributed by atoms with Crippen molar-refractivity contribution in [3.05, 3.63) is 13.8 Å². The van der Waals surface area contributed by atoms with Crippen LogP contribution >= 0.6 is 33.9 Å². The number of anilines is 1. The van der Waals surface area contributed by atoms with Crippen LogP contribution in [-0.2, 0) is 19.1 Å². The van der Waals surface area contributed by atoms with E-state index in [0.29, 0.717) is 42.8 Å². The molecule has 1 aromatic heterocycles. The van der Waals surface area contributed by atoms with Crippen LogP contribution in [0, 0.1) is 14.7 Å². The number of rotatable bonds is 5. The van der Waals surface area contributed by atoms with E-state index in [2.05, 4.69) is 29.5 Å². The van der Waals surface area contributed by atoms with E-state index in [0.717, 1.165) is 28.6 Å². The second kappa shape index (κ2) is 10.2. The molecule has 1 saturated carbocycles. The van der Waals surface area contributed by atoms with Crippen molar-refractivity contribution >= 4 is 57.4 Å². The summed E-state index contributed by atoms with van der Waals surface area (Å²) in [7, 11) is 1.33. The number of amides is 2. The maximum atomic E-state index is 13.5. The zero-order chi connectivity index (χ0) is 21.0. The van der Waals surface area contributed by atoms with Gasteiger partial charge in [0.25, 0.3) is 0 Å². The van der Waals surface area contributed by atoms with Gasteiger partial charge in [-0.3, -0.25) is 9.59 Å². The normalized spacial score (nSPS) is 22.2. The molecule has 2 aliphatic rings. The van der Waals surface area contributed by atoms with Crippen molar-refractivity contribution < 1.29 is 23.9 Å². The Balaban J connectivity index is 1.88. The van der Waals surface area contributed by atoms with E-state index in [1.165, 1.54) is 23.3 Å². The van der Waals surface area contributed by atoms with E-state index in [-0.39, 0.29) is 24.3 Å². The molecule has 7 nitrogen and oxygen atoms in total. The van der Waals surface area contributed by atoms with E-state index in [1.807, 2.05) is 0 Å². The molecule has 0 N–H and O–H groups in total. The summed E-state index contributed by atoms with van der Waals surface area (Å²) in [5.41, 5.74) is 0.483. The number of carbonyl (C=O) groups excluding carboxylic acids is 3. The third kappa shape index (κ3) is 5.49. The zero-order valence-electron chi connectivity index (χ0n) is 16.8. The van der Waals surface area contributed by atoms with Gasteiger partial charge in [-0.1, -0.05) is 6.92 Å². The van der Waals surface area contributed by atoms with Crippen LogP contribution in [0.3, 0.4) is 0 Å². The Morgan fingerprint density at radius 1 is 1.24 bits per heavy atom. The minimum Gasteiger partial charge on any atom is -0.465 e. The molecular formula is C20H27IN2O5S. The molecule has 0 unspecified atom stereocenters. The van der Waals surface area contributed by atoms with Gasteiger partial charge in [-0.2, -0.15) is 0 Å². The van der Waals surface area contributed by atoms with Gasteiger partial charge in [0.15, 0.2) is 0 Å². The molecular weight excluding hydrogens is 507 g/mol. The molecule has 0 atom stereocenters. The Kier molecular flexibility index (Phi) is 7.92. The summed E-state index contributed by atoms with van der Waals surface area (Å²) in [6.07, 6.45) is 3.65. The first-order valence-electron chi connectivity index (χ1n) is 9.95. The highest BCUT2D eigenvalue weighted by Gasteiger charge is 2.34. The lowest BCUT2D eigenvalue weighted by Gasteiger charge is -2.33. The predicted octanol–water partition coefficient (Wildman–Crippen LogP) is 3.16. The van der Waals surface area contributed by atoms with Crippen molar-refractivity contribution in [2.75, 3.05) is 44.9 Å². The molecule has 0 radical (unpaired) electrons. The van der Waals surface area contributed by atoms with Gasteiger partial charge in [0, 0.05) is 19.0 Å². The van der Waals surface area contributed by atoms with Crippen molar-refractivity contribution in [3.8, 4) is 0 Å². The molecule has 2 heterocycles. The largest absolute Gasteiger partial charge is 0.465 e. The summed E-state index contributed by atoms with van der Waals surface area (Å²) >= 11 is 3.40. The monoisotopic (exact) mass is 534 g/mol. The molecule has 1 aromatic rings. The van der Waals surface area contributed by atoms with Gasteiger partial charge in [-0.15, -0.1) is 11.3 Å². The minimum atomic E-state index is -0.484. The molecule has 3 rings (SSSR count). The first-order chi connectivity index (χ1) is 13.9. The van der Waals surface area contributed by atoms with Crippen molar-refractivity contribution in [2.45, 2.75) is 32.6 Å². The topological polar surface area (TPSA) is 76.2 Å². The van der Waals surface area contributed by atoms with Gasteiger partial charge < -0.3 is 19.3 Å². The first-order valence-corrected chi connectivity index (χ1v) is 11.8. The predicted molar refractivity (Wildman–Crippen MR) is 119 cm³/mol. The highest BCUT2D eigenvalue weighted by atomic mass is 127. The van der Waals surface area contributed by atoms with Crippen molar-refractivity contribution in [1.82, 2.24) is 4.90 Å². The Labute approximate surface area is 188 Å². The number of hydrogen-bond acceptors (Lipinski definition) is 6. The first kappa shape index (κ1) is 22.5. The third-order valence-electron chi connectivity index (χ3n) is 5.63. The molecule has 160 valence electrons. The number of ether oxygens (including phenoxy) is 2. The average molecular weight is 534 g/mol. The molecule has 29 heavy (non-hydrogen) atoms. The standard InChI is InChI=1S/C20H27IN2O5S/c1-13-3-5-14(6-4-13)19(25)23(12-17(24)22-7-9-28-10-8-22)15-11-16(21)29-18(15)20(26)27-2/h11,13-14H,3-10,12H2,1-2H3/t13-,14-. The van der Waals surface area contributed by atoms with Crippen LogP contribution < -0.4 is 4.90 Å². The second-order valence-corrected chi connectivity index (χ2v) is 10.6. The Hall–Kier alpha value is -1.20. The number of nitrogens with zero attached hydrogens (tertiary/aromatic N) is 2. The molecule has 2 amide bonds. The van der Waals surface area contributed by atoms with Crippen molar-refractivity contribution in [3.63, 3.8) is 0 Å². The van der Waals surface area contributed by atoms with E-state index in [9.17, 15) is 14.4 Å². The summed E-state index contributed by atoms with van der Waals surface area (Å²) in [5, 5.41) is 0. The van der Waals surface area contributed by atoms with Gasteiger partial charge in [0.2, 0.25) is 11.8 Å². The second-order valence-electron chi connectivity index (χ2n) is 7.63. The zero-order valence-corrected chi connectivity index (χ0v) is 19.8. The van der Waals surface area contributed by atoms with Gasteiger partial charge in [-0.05, 0) is 60.3 Å². The van der Waals surface area contributed by atoms with Gasteiger partial charge in [0.1, 0.15) is 11.4 Å². The SMILES string of the molecule is COC(=O)c1sc(I)cc1N(CC(=O)N1CCOCC1)C(=O)[C@H]1CC[C@H](C)CC1. The Morgan fingerprint density at radius 2 is 1.90 bits per heavy atom. The Bertz CT molecular complexity index is 754. The van der Waals surface area contributed by atoms with E-state index in [4.69, 9.17) is 9.47 Å². The summed E-state index contributed by atoms with van der Waals surface area (Å²) in [6, 6.07) is 1.80. The smallest absolute Gasteiger partial charge is 0.350 e. The molecule has 0 aromatic carbocycles. The molecule has 0 spiro atoms.